The van der Waals surface area contributed by atoms with Crippen molar-refractivity contribution in [2.75, 3.05) is 49.5 Å². The summed E-state index contributed by atoms with van der Waals surface area (Å²) in [7, 11) is 0. The van der Waals surface area contributed by atoms with Crippen molar-refractivity contribution in [2.24, 2.45) is 0 Å². The van der Waals surface area contributed by atoms with E-state index in [9.17, 15) is 14.4 Å². The molecule has 1 saturated heterocycles. The van der Waals surface area contributed by atoms with Crippen molar-refractivity contribution in [2.45, 2.75) is 13.8 Å². The molecule has 2 aliphatic rings. The van der Waals surface area contributed by atoms with Crippen molar-refractivity contribution in [1.82, 2.24) is 19.8 Å². The Labute approximate surface area is 174 Å². The monoisotopic (exact) mass is 408 g/mol. The van der Waals surface area contributed by atoms with E-state index in [4.69, 9.17) is 0 Å². The number of aryl methyl sites for hydroxylation is 1. The molecule has 2 aromatic rings. The Morgan fingerprint density at radius 3 is 2.27 bits per heavy atom. The lowest BCUT2D eigenvalue weighted by molar-refractivity contribution is -0.131. The number of aromatic nitrogens is 2. The fourth-order valence-corrected chi connectivity index (χ4v) is 3.75. The molecule has 0 bridgehead atoms. The van der Waals surface area contributed by atoms with Crippen LogP contribution in [0.2, 0.25) is 0 Å². The molecule has 30 heavy (non-hydrogen) atoms. The highest BCUT2D eigenvalue weighted by Crippen LogP contribution is 2.23. The molecule has 1 fully saturated rings. The SMILES string of the molecule is CCNc1nc(C)cc(N2CCN(C(=O)CN3C(=O)c4ccccc4C3=O)CC2)n1. The summed E-state index contributed by atoms with van der Waals surface area (Å²) in [4.78, 5) is 51.5. The van der Waals surface area contributed by atoms with Crippen molar-refractivity contribution in [3.05, 3.63) is 47.2 Å². The summed E-state index contributed by atoms with van der Waals surface area (Å²) in [6.07, 6.45) is 0. The number of nitrogens with zero attached hydrogens (tertiary/aromatic N) is 5. The van der Waals surface area contributed by atoms with Gasteiger partial charge in [-0.3, -0.25) is 19.3 Å². The molecule has 0 saturated carbocycles. The van der Waals surface area contributed by atoms with Gasteiger partial charge in [0.1, 0.15) is 12.4 Å². The zero-order valence-corrected chi connectivity index (χ0v) is 17.1. The highest BCUT2D eigenvalue weighted by molar-refractivity contribution is 6.22. The van der Waals surface area contributed by atoms with Crippen molar-refractivity contribution in [3.63, 3.8) is 0 Å². The average molecular weight is 408 g/mol. The highest BCUT2D eigenvalue weighted by atomic mass is 16.2. The van der Waals surface area contributed by atoms with Crippen LogP contribution >= 0.6 is 0 Å². The summed E-state index contributed by atoms with van der Waals surface area (Å²) in [5, 5.41) is 3.13. The lowest BCUT2D eigenvalue weighted by Crippen LogP contribution is -2.52. The first kappa shape index (κ1) is 19.8. The van der Waals surface area contributed by atoms with Crippen molar-refractivity contribution < 1.29 is 14.4 Å². The molecule has 2 aliphatic heterocycles. The number of carbonyl (C=O) groups is 3. The maximum Gasteiger partial charge on any atom is 0.262 e. The number of imide groups is 1. The molecular weight excluding hydrogens is 384 g/mol. The van der Waals surface area contributed by atoms with Crippen molar-refractivity contribution in [3.8, 4) is 0 Å². The number of nitrogens with one attached hydrogen (secondary N) is 1. The molecule has 0 radical (unpaired) electrons. The Bertz CT molecular complexity index is 965. The van der Waals surface area contributed by atoms with E-state index >= 15 is 0 Å². The van der Waals surface area contributed by atoms with E-state index in [1.54, 1.807) is 29.2 Å². The number of fused-ring (bicyclic) bond motifs is 1. The number of benzene rings is 1. The smallest absolute Gasteiger partial charge is 0.262 e. The second-order valence-corrected chi connectivity index (χ2v) is 7.33. The highest BCUT2D eigenvalue weighted by Gasteiger charge is 2.37. The van der Waals surface area contributed by atoms with Crippen molar-refractivity contribution in [1.29, 1.82) is 0 Å². The summed E-state index contributed by atoms with van der Waals surface area (Å²) in [6, 6.07) is 8.58. The van der Waals surface area contributed by atoms with Crippen LogP contribution in [-0.2, 0) is 4.79 Å². The molecule has 0 spiro atoms. The molecule has 0 unspecified atom stereocenters. The minimum absolute atomic E-state index is 0.226. The van der Waals surface area contributed by atoms with Crippen LogP contribution in [0.25, 0.3) is 0 Å². The third-order valence-corrected chi connectivity index (χ3v) is 5.30. The summed E-state index contributed by atoms with van der Waals surface area (Å²) in [6.45, 7) is 6.67. The van der Waals surface area contributed by atoms with Crippen LogP contribution in [0.15, 0.2) is 30.3 Å². The van der Waals surface area contributed by atoms with Gasteiger partial charge in [0.05, 0.1) is 11.1 Å². The predicted molar refractivity (Wildman–Crippen MR) is 112 cm³/mol. The summed E-state index contributed by atoms with van der Waals surface area (Å²) < 4.78 is 0. The number of amides is 3. The van der Waals surface area contributed by atoms with Crippen LogP contribution in [0, 0.1) is 6.92 Å². The topological polar surface area (TPSA) is 98.7 Å². The van der Waals surface area contributed by atoms with Gasteiger partial charge < -0.3 is 15.1 Å². The third-order valence-electron chi connectivity index (χ3n) is 5.30. The van der Waals surface area contributed by atoms with Crippen molar-refractivity contribution >= 4 is 29.5 Å². The normalized spacial score (nSPS) is 16.1. The summed E-state index contributed by atoms with van der Waals surface area (Å²) in [5.41, 5.74) is 1.59. The third kappa shape index (κ3) is 3.70. The van der Waals surface area contributed by atoms with Crippen LogP contribution in [-0.4, -0.2) is 76.8 Å². The van der Waals surface area contributed by atoms with E-state index in [1.807, 2.05) is 19.9 Å². The van der Waals surface area contributed by atoms with E-state index in [0.717, 1.165) is 23.0 Å². The zero-order valence-electron chi connectivity index (χ0n) is 17.1. The van der Waals surface area contributed by atoms with E-state index in [1.165, 1.54) is 0 Å². The molecule has 9 nitrogen and oxygen atoms in total. The van der Waals surface area contributed by atoms with Crippen LogP contribution in [0.1, 0.15) is 33.3 Å². The Hall–Kier alpha value is -3.49. The van der Waals surface area contributed by atoms with Crippen LogP contribution in [0.3, 0.4) is 0 Å². The molecule has 3 heterocycles. The lowest BCUT2D eigenvalue weighted by Gasteiger charge is -2.36. The van der Waals surface area contributed by atoms with Crippen LogP contribution in [0.5, 0.6) is 0 Å². The standard InChI is InChI=1S/C21H24N6O3/c1-3-22-21-23-14(2)12-17(24-21)25-8-10-26(11-9-25)18(28)13-27-19(29)15-6-4-5-7-16(15)20(27)30/h4-7,12H,3,8-11,13H2,1-2H3,(H,22,23,24). The molecule has 3 amide bonds. The quantitative estimate of drug-likeness (QED) is 0.741. The second-order valence-electron chi connectivity index (χ2n) is 7.33. The first-order chi connectivity index (χ1) is 14.5. The van der Waals surface area contributed by atoms with Gasteiger partial charge in [-0.05, 0) is 26.0 Å². The Balaban J connectivity index is 1.38. The predicted octanol–water partition coefficient (Wildman–Crippen LogP) is 1.16. The first-order valence-electron chi connectivity index (χ1n) is 10.1. The fourth-order valence-electron chi connectivity index (χ4n) is 3.75. The molecule has 1 N–H and O–H groups in total. The molecule has 1 aromatic carbocycles. The molecule has 0 aliphatic carbocycles. The number of hydrogen-bond donors (Lipinski definition) is 1. The summed E-state index contributed by atoms with van der Waals surface area (Å²) >= 11 is 0. The Morgan fingerprint density at radius 2 is 1.67 bits per heavy atom. The zero-order chi connectivity index (χ0) is 21.3. The van der Waals surface area contributed by atoms with Gasteiger partial charge in [0.25, 0.3) is 11.8 Å². The number of hydrogen-bond acceptors (Lipinski definition) is 7. The molecule has 0 atom stereocenters. The largest absolute Gasteiger partial charge is 0.354 e. The first-order valence-corrected chi connectivity index (χ1v) is 10.1. The molecular formula is C21H24N6O3. The average Bonchev–Trinajstić information content (AvgIpc) is 2.99. The van der Waals surface area contributed by atoms with Gasteiger partial charge in [-0.2, -0.15) is 4.98 Å². The number of rotatable bonds is 5. The van der Waals surface area contributed by atoms with Gasteiger partial charge in [0, 0.05) is 44.5 Å². The molecule has 156 valence electrons. The van der Waals surface area contributed by atoms with E-state index in [-0.39, 0.29) is 12.5 Å². The number of anilines is 2. The van der Waals surface area contributed by atoms with Gasteiger partial charge in [0.2, 0.25) is 11.9 Å². The van der Waals surface area contributed by atoms with Gasteiger partial charge >= 0.3 is 0 Å². The maximum atomic E-state index is 12.8. The van der Waals surface area contributed by atoms with E-state index in [0.29, 0.717) is 43.3 Å². The Morgan fingerprint density at radius 1 is 1.03 bits per heavy atom. The molecule has 4 rings (SSSR count). The van der Waals surface area contributed by atoms with Gasteiger partial charge in [-0.1, -0.05) is 12.1 Å². The summed E-state index contributed by atoms with van der Waals surface area (Å²) in [5.74, 6) is 0.379. The van der Waals surface area contributed by atoms with Gasteiger partial charge in [0.15, 0.2) is 0 Å². The molecule has 1 aromatic heterocycles. The van der Waals surface area contributed by atoms with Crippen LogP contribution in [0.4, 0.5) is 11.8 Å². The maximum absolute atomic E-state index is 12.8. The van der Waals surface area contributed by atoms with Gasteiger partial charge in [-0.15, -0.1) is 0 Å². The number of carbonyl (C=O) groups excluding carboxylic acids is 3. The number of piperazine rings is 1. The minimum atomic E-state index is -0.407. The molecule has 9 heteroatoms. The second kappa shape index (κ2) is 8.10. The minimum Gasteiger partial charge on any atom is -0.354 e. The van der Waals surface area contributed by atoms with Crippen LogP contribution < -0.4 is 10.2 Å². The van der Waals surface area contributed by atoms with E-state index < -0.39 is 11.8 Å². The van der Waals surface area contributed by atoms with E-state index in [2.05, 4.69) is 20.2 Å². The fraction of sp³-hybridized carbons (Fsp3) is 0.381. The van der Waals surface area contributed by atoms with Gasteiger partial charge in [-0.25, -0.2) is 4.98 Å². The lowest BCUT2D eigenvalue weighted by atomic mass is 10.1. The Kier molecular flexibility index (Phi) is 5.35.